The molecule has 190 valence electrons. The molecule has 0 fully saturated rings. The average molecular weight is 496 g/mol. The number of aromatic nitrogens is 1. The molecule has 4 rings (SSSR count). The number of benzene rings is 2. The zero-order valence-electron chi connectivity index (χ0n) is 20.7. The Bertz CT molecular complexity index is 1220. The van der Waals surface area contributed by atoms with Crippen LogP contribution in [0.15, 0.2) is 60.8 Å². The molecule has 0 saturated carbocycles. The lowest BCUT2D eigenvalue weighted by Crippen LogP contribution is -2.49. The number of hydrogen-bond donors (Lipinski definition) is 1. The third kappa shape index (κ3) is 5.88. The molecule has 1 aromatic heterocycles. The van der Waals surface area contributed by atoms with E-state index in [1.807, 2.05) is 24.9 Å². The maximum absolute atomic E-state index is 13.8. The van der Waals surface area contributed by atoms with E-state index in [0.29, 0.717) is 30.8 Å². The van der Waals surface area contributed by atoms with Gasteiger partial charge in [0.25, 0.3) is 5.91 Å². The Balaban J connectivity index is 1.65. The van der Waals surface area contributed by atoms with Crippen LogP contribution in [0.2, 0.25) is 0 Å². The Kier molecular flexibility index (Phi) is 7.96. The van der Waals surface area contributed by atoms with Gasteiger partial charge in [-0.05, 0) is 55.4 Å². The lowest BCUT2D eigenvalue weighted by atomic mass is 9.99. The number of likely N-dealkylation sites (N-methyl/N-ethyl adjacent to an activating group) is 1. The van der Waals surface area contributed by atoms with Gasteiger partial charge in [-0.2, -0.15) is 0 Å². The molecule has 0 unspecified atom stereocenters. The number of rotatable bonds is 7. The lowest BCUT2D eigenvalue weighted by molar-refractivity contribution is 0.0325. The van der Waals surface area contributed by atoms with Crippen LogP contribution in [-0.4, -0.2) is 64.7 Å². The summed E-state index contributed by atoms with van der Waals surface area (Å²) in [6.07, 6.45) is 1.25. The van der Waals surface area contributed by atoms with Crippen LogP contribution in [0.5, 0.6) is 5.88 Å². The molecule has 8 heteroatoms. The quantitative estimate of drug-likeness (QED) is 0.527. The summed E-state index contributed by atoms with van der Waals surface area (Å²) in [6, 6.07) is 13.8. The van der Waals surface area contributed by atoms with E-state index in [1.165, 1.54) is 24.3 Å². The number of amides is 1. The standard InChI is InChI=1S/C28H31F2N3O3/c1-18-14-33(19(2)17-34)28(35)25-12-22(21-7-5-9-24(30)11-21)13-31-27(25)36-26(18)16-32(3)15-20-6-4-8-23(29)10-20/h4-13,18-19,26,34H,14-17H2,1-3H3/t18-,19-,26-/m1/s1. The maximum atomic E-state index is 13.8. The van der Waals surface area contributed by atoms with Gasteiger partial charge in [0.1, 0.15) is 23.3 Å². The molecule has 0 saturated heterocycles. The first-order valence-corrected chi connectivity index (χ1v) is 12.0. The Morgan fingerprint density at radius 3 is 2.56 bits per heavy atom. The Hall–Kier alpha value is -3.36. The fourth-order valence-corrected chi connectivity index (χ4v) is 4.46. The second-order valence-corrected chi connectivity index (χ2v) is 9.54. The van der Waals surface area contributed by atoms with E-state index in [0.717, 1.165) is 5.56 Å². The summed E-state index contributed by atoms with van der Waals surface area (Å²) in [4.78, 5) is 21.7. The third-order valence-electron chi connectivity index (χ3n) is 6.51. The molecule has 36 heavy (non-hydrogen) atoms. The minimum absolute atomic E-state index is 0.0734. The second kappa shape index (κ2) is 11.1. The van der Waals surface area contributed by atoms with Crippen LogP contribution in [0, 0.1) is 17.6 Å². The summed E-state index contributed by atoms with van der Waals surface area (Å²) in [6.45, 7) is 5.02. The molecular formula is C28H31F2N3O3. The highest BCUT2D eigenvalue weighted by atomic mass is 19.1. The van der Waals surface area contributed by atoms with Crippen molar-refractivity contribution < 1.29 is 23.4 Å². The molecular weight excluding hydrogens is 464 g/mol. The molecule has 1 N–H and O–H groups in total. The van der Waals surface area contributed by atoms with Gasteiger partial charge in [-0.1, -0.05) is 31.2 Å². The van der Waals surface area contributed by atoms with Crippen molar-refractivity contribution in [3.63, 3.8) is 0 Å². The molecule has 0 radical (unpaired) electrons. The van der Waals surface area contributed by atoms with E-state index in [4.69, 9.17) is 4.74 Å². The molecule has 0 aliphatic carbocycles. The van der Waals surface area contributed by atoms with Crippen molar-refractivity contribution in [2.24, 2.45) is 5.92 Å². The van der Waals surface area contributed by atoms with E-state index < -0.39 is 6.04 Å². The van der Waals surface area contributed by atoms with Crippen molar-refractivity contribution >= 4 is 5.91 Å². The summed E-state index contributed by atoms with van der Waals surface area (Å²) < 4.78 is 33.8. The van der Waals surface area contributed by atoms with Crippen LogP contribution >= 0.6 is 0 Å². The van der Waals surface area contributed by atoms with Gasteiger partial charge < -0.3 is 14.7 Å². The summed E-state index contributed by atoms with van der Waals surface area (Å²) in [5, 5.41) is 9.84. The number of fused-ring (bicyclic) bond motifs is 1. The number of aliphatic hydroxyl groups excluding tert-OH is 1. The van der Waals surface area contributed by atoms with Crippen LogP contribution in [0.1, 0.15) is 29.8 Å². The molecule has 1 aliphatic heterocycles. The predicted molar refractivity (Wildman–Crippen MR) is 134 cm³/mol. The maximum Gasteiger partial charge on any atom is 0.259 e. The minimum Gasteiger partial charge on any atom is -0.472 e. The molecule has 1 amide bonds. The molecule has 1 aliphatic rings. The average Bonchev–Trinajstić information content (AvgIpc) is 2.85. The van der Waals surface area contributed by atoms with Crippen molar-refractivity contribution in [3.05, 3.63) is 83.6 Å². The minimum atomic E-state index is -0.408. The number of hydrogen-bond acceptors (Lipinski definition) is 5. The van der Waals surface area contributed by atoms with Crippen molar-refractivity contribution in [1.82, 2.24) is 14.8 Å². The predicted octanol–water partition coefficient (Wildman–Crippen LogP) is 4.38. The van der Waals surface area contributed by atoms with Gasteiger partial charge in [0.05, 0.1) is 12.6 Å². The number of halogens is 2. The zero-order chi connectivity index (χ0) is 25.8. The topological polar surface area (TPSA) is 65.9 Å². The van der Waals surface area contributed by atoms with Gasteiger partial charge in [0.2, 0.25) is 5.88 Å². The number of aliphatic hydroxyl groups is 1. The number of carbonyl (C=O) groups is 1. The van der Waals surface area contributed by atoms with Crippen molar-refractivity contribution in [2.75, 3.05) is 26.7 Å². The first-order chi connectivity index (χ1) is 17.2. The monoisotopic (exact) mass is 495 g/mol. The van der Waals surface area contributed by atoms with Gasteiger partial charge in [-0.3, -0.25) is 9.69 Å². The molecule has 0 bridgehead atoms. The first-order valence-electron chi connectivity index (χ1n) is 12.0. The van der Waals surface area contributed by atoms with E-state index >= 15 is 0 Å². The summed E-state index contributed by atoms with van der Waals surface area (Å²) in [5.74, 6) is -0.833. The molecule has 0 spiro atoms. The van der Waals surface area contributed by atoms with Gasteiger partial charge in [-0.25, -0.2) is 13.8 Å². The highest BCUT2D eigenvalue weighted by Gasteiger charge is 2.34. The molecule has 6 nitrogen and oxygen atoms in total. The highest BCUT2D eigenvalue weighted by Crippen LogP contribution is 2.30. The molecule has 3 aromatic rings. The van der Waals surface area contributed by atoms with Crippen LogP contribution in [0.4, 0.5) is 8.78 Å². The van der Waals surface area contributed by atoms with Gasteiger partial charge >= 0.3 is 0 Å². The van der Waals surface area contributed by atoms with Crippen LogP contribution in [0.3, 0.4) is 0 Å². The Morgan fingerprint density at radius 1 is 1.14 bits per heavy atom. The van der Waals surface area contributed by atoms with Crippen LogP contribution in [0.25, 0.3) is 11.1 Å². The smallest absolute Gasteiger partial charge is 0.259 e. The summed E-state index contributed by atoms with van der Waals surface area (Å²) >= 11 is 0. The fourth-order valence-electron chi connectivity index (χ4n) is 4.46. The van der Waals surface area contributed by atoms with E-state index in [9.17, 15) is 18.7 Å². The molecule has 2 heterocycles. The second-order valence-electron chi connectivity index (χ2n) is 9.54. The van der Waals surface area contributed by atoms with E-state index in [1.54, 1.807) is 42.3 Å². The van der Waals surface area contributed by atoms with Gasteiger partial charge in [-0.15, -0.1) is 0 Å². The normalized spacial score (nSPS) is 18.9. The number of ether oxygens (including phenoxy) is 1. The highest BCUT2D eigenvalue weighted by molar-refractivity contribution is 5.98. The number of carbonyl (C=O) groups excluding carboxylic acids is 1. The van der Waals surface area contributed by atoms with Crippen LogP contribution in [-0.2, 0) is 6.54 Å². The van der Waals surface area contributed by atoms with Crippen molar-refractivity contribution in [1.29, 1.82) is 0 Å². The Labute approximate surface area is 210 Å². The molecule has 3 atom stereocenters. The van der Waals surface area contributed by atoms with Crippen LogP contribution < -0.4 is 4.74 Å². The fraction of sp³-hybridized carbons (Fsp3) is 0.357. The summed E-state index contributed by atoms with van der Waals surface area (Å²) in [7, 11) is 1.93. The van der Waals surface area contributed by atoms with Crippen molar-refractivity contribution in [3.8, 4) is 17.0 Å². The lowest BCUT2D eigenvalue weighted by Gasteiger charge is -2.37. The Morgan fingerprint density at radius 2 is 1.86 bits per heavy atom. The third-order valence-corrected chi connectivity index (χ3v) is 6.51. The van der Waals surface area contributed by atoms with Crippen molar-refractivity contribution in [2.45, 2.75) is 32.5 Å². The SMILES string of the molecule is C[C@@H]1CN([C@H](C)CO)C(=O)c2cc(-c3cccc(F)c3)cnc2O[C@@H]1CN(C)Cc1cccc(F)c1. The van der Waals surface area contributed by atoms with Gasteiger partial charge in [0, 0.05) is 37.3 Å². The van der Waals surface area contributed by atoms with E-state index in [-0.39, 0.29) is 47.6 Å². The van der Waals surface area contributed by atoms with E-state index in [2.05, 4.69) is 4.98 Å². The number of nitrogens with zero attached hydrogens (tertiary/aromatic N) is 3. The largest absolute Gasteiger partial charge is 0.472 e. The van der Waals surface area contributed by atoms with Gasteiger partial charge in [0.15, 0.2) is 0 Å². The molecule has 2 aromatic carbocycles. The zero-order valence-corrected chi connectivity index (χ0v) is 20.7. The number of pyridine rings is 1. The first kappa shape index (κ1) is 25.7. The summed E-state index contributed by atoms with van der Waals surface area (Å²) in [5.41, 5.74) is 2.30.